The molecule has 0 radical (unpaired) electrons. The van der Waals surface area contributed by atoms with Crippen LogP contribution in [-0.2, 0) is 14.8 Å². The van der Waals surface area contributed by atoms with Gasteiger partial charge in [-0.2, -0.15) is 0 Å². The number of halogens is 2. The first-order valence-corrected chi connectivity index (χ1v) is 11.6. The van der Waals surface area contributed by atoms with Crippen molar-refractivity contribution in [3.63, 3.8) is 0 Å². The molecule has 3 rings (SSSR count). The fourth-order valence-electron chi connectivity index (χ4n) is 3.77. The fraction of sp³-hybridized carbons (Fsp3) is 0.409. The molecule has 9 heteroatoms. The van der Waals surface area contributed by atoms with Crippen molar-refractivity contribution in [2.45, 2.75) is 43.0 Å². The second-order valence-corrected chi connectivity index (χ2v) is 9.41. The molecule has 0 atom stereocenters. The van der Waals surface area contributed by atoms with Crippen molar-refractivity contribution < 1.29 is 26.7 Å². The molecular weight excluding hydrogens is 426 g/mol. The second-order valence-electron chi connectivity index (χ2n) is 7.58. The number of carbonyl (C=O) groups excluding carboxylic acids is 1. The number of ether oxygens (including phenoxy) is 1. The summed E-state index contributed by atoms with van der Waals surface area (Å²) in [6.45, 7) is -0.502. The Hall–Kier alpha value is -2.68. The Kier molecular flexibility index (Phi) is 7.15. The lowest BCUT2D eigenvalue weighted by Gasteiger charge is -2.33. The predicted molar refractivity (Wildman–Crippen MR) is 114 cm³/mol. The standard InChI is InChI=1S/C22H26F2N2O4S/c1-25(17-6-4-3-5-7-17)22(27)15-26(18-9-11-19(30-2)12-10-18)31(28,29)21-13-8-16(23)14-20(21)24/h8-14,17H,3-7,15H2,1-2H3. The number of carbonyl (C=O) groups is 1. The largest absolute Gasteiger partial charge is 0.497 e. The summed E-state index contributed by atoms with van der Waals surface area (Å²) < 4.78 is 60.3. The molecule has 168 valence electrons. The summed E-state index contributed by atoms with van der Waals surface area (Å²) in [6.07, 6.45) is 4.89. The number of hydrogen-bond donors (Lipinski definition) is 0. The molecule has 0 heterocycles. The minimum absolute atomic E-state index is 0.0456. The molecule has 0 N–H and O–H groups in total. The predicted octanol–water partition coefficient (Wildman–Crippen LogP) is 3.96. The number of methoxy groups -OCH3 is 1. The van der Waals surface area contributed by atoms with E-state index in [4.69, 9.17) is 4.74 Å². The highest BCUT2D eigenvalue weighted by molar-refractivity contribution is 7.92. The van der Waals surface area contributed by atoms with Crippen LogP contribution in [0.25, 0.3) is 0 Å². The van der Waals surface area contributed by atoms with Crippen molar-refractivity contribution in [1.29, 1.82) is 0 Å². The van der Waals surface area contributed by atoms with Gasteiger partial charge in [-0.15, -0.1) is 0 Å². The van der Waals surface area contributed by atoms with Gasteiger partial charge in [-0.05, 0) is 49.2 Å². The quantitative estimate of drug-likeness (QED) is 0.638. The monoisotopic (exact) mass is 452 g/mol. The first-order valence-electron chi connectivity index (χ1n) is 10.1. The average molecular weight is 453 g/mol. The van der Waals surface area contributed by atoms with E-state index in [1.807, 2.05) is 0 Å². The van der Waals surface area contributed by atoms with Crippen LogP contribution in [0, 0.1) is 11.6 Å². The van der Waals surface area contributed by atoms with Crippen LogP contribution in [0.5, 0.6) is 5.75 Å². The molecule has 0 aromatic heterocycles. The first-order chi connectivity index (χ1) is 14.7. The van der Waals surface area contributed by atoms with Crippen molar-refractivity contribution in [2.75, 3.05) is 25.0 Å². The Bertz CT molecular complexity index is 1020. The van der Waals surface area contributed by atoms with Crippen LogP contribution in [0.2, 0.25) is 0 Å². The number of benzene rings is 2. The zero-order valence-corrected chi connectivity index (χ0v) is 18.4. The van der Waals surface area contributed by atoms with Gasteiger partial charge in [0.1, 0.15) is 28.8 Å². The topological polar surface area (TPSA) is 66.9 Å². The third kappa shape index (κ3) is 5.15. The maximum atomic E-state index is 14.4. The van der Waals surface area contributed by atoms with Crippen LogP contribution in [0.4, 0.5) is 14.5 Å². The van der Waals surface area contributed by atoms with E-state index in [0.717, 1.165) is 48.5 Å². The summed E-state index contributed by atoms with van der Waals surface area (Å²) in [7, 11) is -1.34. The maximum absolute atomic E-state index is 14.4. The number of sulfonamides is 1. The van der Waals surface area contributed by atoms with Gasteiger partial charge in [-0.3, -0.25) is 9.10 Å². The molecule has 1 saturated carbocycles. The number of rotatable bonds is 7. The van der Waals surface area contributed by atoms with E-state index in [1.165, 1.54) is 19.2 Å². The third-order valence-electron chi connectivity index (χ3n) is 5.62. The molecule has 0 bridgehead atoms. The Morgan fingerprint density at radius 1 is 1.06 bits per heavy atom. The van der Waals surface area contributed by atoms with Crippen LogP contribution in [0.3, 0.4) is 0 Å². The van der Waals surface area contributed by atoms with Gasteiger partial charge in [0.2, 0.25) is 5.91 Å². The lowest BCUT2D eigenvalue weighted by Crippen LogP contribution is -2.46. The molecule has 0 aliphatic heterocycles. The van der Waals surface area contributed by atoms with Crippen LogP contribution in [0.1, 0.15) is 32.1 Å². The smallest absolute Gasteiger partial charge is 0.267 e. The van der Waals surface area contributed by atoms with Crippen molar-refractivity contribution in [3.8, 4) is 5.75 Å². The maximum Gasteiger partial charge on any atom is 0.267 e. The van der Waals surface area contributed by atoms with Gasteiger partial charge in [-0.1, -0.05) is 19.3 Å². The van der Waals surface area contributed by atoms with E-state index in [1.54, 1.807) is 24.1 Å². The Balaban J connectivity index is 1.96. The molecule has 1 aliphatic rings. The molecule has 1 amide bonds. The third-order valence-corrected chi connectivity index (χ3v) is 7.42. The van der Waals surface area contributed by atoms with E-state index in [2.05, 4.69) is 0 Å². The van der Waals surface area contributed by atoms with E-state index in [9.17, 15) is 22.0 Å². The summed E-state index contributed by atoms with van der Waals surface area (Å²) in [6, 6.07) is 8.35. The minimum atomic E-state index is -4.48. The number of amides is 1. The van der Waals surface area contributed by atoms with Gasteiger partial charge in [0, 0.05) is 19.2 Å². The van der Waals surface area contributed by atoms with E-state index >= 15 is 0 Å². The number of nitrogens with zero attached hydrogens (tertiary/aromatic N) is 2. The second kappa shape index (κ2) is 9.64. The lowest BCUT2D eigenvalue weighted by molar-refractivity contribution is -0.130. The Labute approximate surface area is 181 Å². The summed E-state index contributed by atoms with van der Waals surface area (Å²) >= 11 is 0. The highest BCUT2D eigenvalue weighted by Crippen LogP contribution is 2.28. The molecule has 6 nitrogen and oxygen atoms in total. The summed E-state index contributed by atoms with van der Waals surface area (Å²) in [4.78, 5) is 13.9. The van der Waals surface area contributed by atoms with E-state index < -0.39 is 39.0 Å². The summed E-state index contributed by atoms with van der Waals surface area (Å²) in [5.41, 5.74) is 0.176. The molecule has 0 saturated heterocycles. The Morgan fingerprint density at radius 3 is 2.29 bits per heavy atom. The van der Waals surface area contributed by atoms with Gasteiger partial charge in [0.05, 0.1) is 12.8 Å². The van der Waals surface area contributed by atoms with E-state index in [0.29, 0.717) is 11.8 Å². The molecule has 0 unspecified atom stereocenters. The van der Waals surface area contributed by atoms with Crippen molar-refractivity contribution in [1.82, 2.24) is 4.90 Å². The van der Waals surface area contributed by atoms with Crippen molar-refractivity contribution in [3.05, 3.63) is 54.1 Å². The van der Waals surface area contributed by atoms with Crippen molar-refractivity contribution >= 4 is 21.6 Å². The lowest BCUT2D eigenvalue weighted by atomic mass is 9.94. The fourth-order valence-corrected chi connectivity index (χ4v) is 5.24. The van der Waals surface area contributed by atoms with Gasteiger partial charge in [-0.25, -0.2) is 17.2 Å². The Morgan fingerprint density at radius 2 is 1.71 bits per heavy atom. The van der Waals surface area contributed by atoms with Gasteiger partial charge < -0.3 is 9.64 Å². The highest BCUT2D eigenvalue weighted by atomic mass is 32.2. The summed E-state index contributed by atoms with van der Waals surface area (Å²) in [5.74, 6) is -2.00. The van der Waals surface area contributed by atoms with Crippen LogP contribution < -0.4 is 9.04 Å². The van der Waals surface area contributed by atoms with Gasteiger partial charge in [0.25, 0.3) is 10.0 Å². The SMILES string of the molecule is COc1ccc(N(CC(=O)N(C)C2CCCCC2)S(=O)(=O)c2ccc(F)cc2F)cc1. The molecular formula is C22H26F2N2O4S. The summed E-state index contributed by atoms with van der Waals surface area (Å²) in [5, 5.41) is 0. The van der Waals surface area contributed by atoms with Gasteiger partial charge >= 0.3 is 0 Å². The minimum Gasteiger partial charge on any atom is -0.497 e. The molecule has 1 fully saturated rings. The molecule has 2 aromatic carbocycles. The van der Waals surface area contributed by atoms with E-state index in [-0.39, 0.29) is 11.7 Å². The highest BCUT2D eigenvalue weighted by Gasteiger charge is 2.32. The first kappa shape index (κ1) is 23.0. The average Bonchev–Trinajstić information content (AvgIpc) is 2.77. The molecule has 31 heavy (non-hydrogen) atoms. The molecule has 2 aromatic rings. The normalized spacial score (nSPS) is 14.8. The zero-order chi connectivity index (χ0) is 22.6. The number of hydrogen-bond acceptors (Lipinski definition) is 4. The van der Waals surface area contributed by atoms with Crippen LogP contribution >= 0.6 is 0 Å². The van der Waals surface area contributed by atoms with Gasteiger partial charge in [0.15, 0.2) is 0 Å². The van der Waals surface area contributed by atoms with Crippen molar-refractivity contribution in [2.24, 2.45) is 0 Å². The number of likely N-dealkylation sites (N-methyl/N-ethyl adjacent to an activating group) is 1. The molecule has 1 aliphatic carbocycles. The number of anilines is 1. The van der Waals surface area contributed by atoms with Crippen LogP contribution in [0.15, 0.2) is 47.4 Å². The molecule has 0 spiro atoms. The zero-order valence-electron chi connectivity index (χ0n) is 17.6. The van der Waals surface area contributed by atoms with Crippen LogP contribution in [-0.4, -0.2) is 46.0 Å².